The molecule has 0 radical (unpaired) electrons. The summed E-state index contributed by atoms with van der Waals surface area (Å²) in [6.07, 6.45) is 0.265. The van der Waals surface area contributed by atoms with Crippen molar-refractivity contribution in [1.29, 1.82) is 5.26 Å². The zero-order valence-corrected chi connectivity index (χ0v) is 19.7. The van der Waals surface area contributed by atoms with E-state index in [1.54, 1.807) is 31.4 Å². The second kappa shape index (κ2) is 9.61. The van der Waals surface area contributed by atoms with E-state index in [2.05, 4.69) is 15.8 Å². The van der Waals surface area contributed by atoms with Crippen molar-refractivity contribution < 1.29 is 17.9 Å². The van der Waals surface area contributed by atoms with Crippen LogP contribution >= 0.6 is 11.3 Å². The van der Waals surface area contributed by atoms with Crippen LogP contribution in [0.25, 0.3) is 10.2 Å². The van der Waals surface area contributed by atoms with Crippen molar-refractivity contribution in [3.05, 3.63) is 88.4 Å². The van der Waals surface area contributed by atoms with Crippen LogP contribution in [0, 0.1) is 11.3 Å². The van der Waals surface area contributed by atoms with E-state index in [0.29, 0.717) is 21.8 Å². The van der Waals surface area contributed by atoms with Crippen LogP contribution in [0.1, 0.15) is 32.5 Å². The Kier molecular flexibility index (Phi) is 6.61. The molecular formula is C24H20N4O4S2. The predicted molar refractivity (Wildman–Crippen MR) is 129 cm³/mol. The number of aromatic nitrogens is 1. The molecule has 0 bridgehead atoms. The molecule has 0 saturated carbocycles. The molecule has 8 nitrogen and oxygen atoms in total. The standard InChI is InChI=1S/C24H20N4O4S2/c1-32-18-8-9-20-22(13-18)33-24(27-20)21(11-15-4-2-5-16(10-15)14-25)28-34(30,31)19-7-3-6-17(12-19)23(26)29/h2-10,12-13,21,28H,11H2,1H3,(H2,26,29). The van der Waals surface area contributed by atoms with E-state index in [0.717, 1.165) is 10.3 Å². The molecule has 0 aliphatic rings. The molecule has 1 unspecified atom stereocenters. The number of thiazole rings is 1. The number of methoxy groups -OCH3 is 1. The Bertz CT molecular complexity index is 1520. The summed E-state index contributed by atoms with van der Waals surface area (Å²) in [6.45, 7) is 0. The summed E-state index contributed by atoms with van der Waals surface area (Å²) < 4.78 is 35.4. The van der Waals surface area contributed by atoms with Gasteiger partial charge in [0.15, 0.2) is 0 Å². The van der Waals surface area contributed by atoms with Gasteiger partial charge in [0.2, 0.25) is 15.9 Å². The number of hydrogen-bond acceptors (Lipinski definition) is 7. The number of primary amides is 1. The fraction of sp³-hybridized carbons (Fsp3) is 0.125. The van der Waals surface area contributed by atoms with Crippen molar-refractivity contribution in [2.24, 2.45) is 5.73 Å². The first-order valence-electron chi connectivity index (χ1n) is 10.1. The molecule has 1 amide bonds. The van der Waals surface area contributed by atoms with Crippen molar-refractivity contribution in [2.45, 2.75) is 17.4 Å². The molecule has 10 heteroatoms. The summed E-state index contributed by atoms with van der Waals surface area (Å²) in [5.41, 5.74) is 7.37. The number of rotatable bonds is 8. The van der Waals surface area contributed by atoms with E-state index in [1.807, 2.05) is 18.2 Å². The van der Waals surface area contributed by atoms with Gasteiger partial charge in [-0.05, 0) is 60.5 Å². The van der Waals surface area contributed by atoms with Gasteiger partial charge in [-0.15, -0.1) is 11.3 Å². The predicted octanol–water partition coefficient (Wildman–Crippen LogP) is 3.54. The van der Waals surface area contributed by atoms with Gasteiger partial charge < -0.3 is 10.5 Å². The second-order valence-electron chi connectivity index (χ2n) is 7.47. The van der Waals surface area contributed by atoms with Crippen molar-refractivity contribution in [2.75, 3.05) is 7.11 Å². The van der Waals surface area contributed by atoms with Crippen molar-refractivity contribution in [3.8, 4) is 11.8 Å². The molecule has 172 valence electrons. The largest absolute Gasteiger partial charge is 0.497 e. The van der Waals surface area contributed by atoms with Crippen LogP contribution in [0.15, 0.2) is 71.6 Å². The summed E-state index contributed by atoms with van der Waals surface area (Å²) in [6, 6.07) is 19.3. The lowest BCUT2D eigenvalue weighted by atomic mass is 10.0. The Labute approximate surface area is 200 Å². The monoisotopic (exact) mass is 492 g/mol. The van der Waals surface area contributed by atoms with Crippen LogP contribution in [0.4, 0.5) is 0 Å². The molecule has 3 N–H and O–H groups in total. The van der Waals surface area contributed by atoms with Gasteiger partial charge in [-0.1, -0.05) is 18.2 Å². The third kappa shape index (κ3) is 5.07. The molecule has 34 heavy (non-hydrogen) atoms. The molecule has 1 atom stereocenters. The molecular weight excluding hydrogens is 472 g/mol. The lowest BCUT2D eigenvalue weighted by molar-refractivity contribution is 0.1000. The van der Waals surface area contributed by atoms with E-state index in [4.69, 9.17) is 10.5 Å². The SMILES string of the molecule is COc1ccc2nc(C(Cc3cccc(C#N)c3)NS(=O)(=O)c3cccc(C(N)=O)c3)sc2c1. The Morgan fingerprint density at radius 2 is 1.97 bits per heavy atom. The van der Waals surface area contributed by atoms with Crippen LogP contribution in [0.3, 0.4) is 0 Å². The number of ether oxygens (including phenoxy) is 1. The van der Waals surface area contributed by atoms with Crippen LogP contribution in [0.5, 0.6) is 5.75 Å². The van der Waals surface area contributed by atoms with E-state index < -0.39 is 22.0 Å². The van der Waals surface area contributed by atoms with Gasteiger partial charge in [0.1, 0.15) is 10.8 Å². The lowest BCUT2D eigenvalue weighted by Crippen LogP contribution is -2.30. The number of nitriles is 1. The highest BCUT2D eigenvalue weighted by Crippen LogP contribution is 2.32. The normalized spacial score (nSPS) is 12.2. The lowest BCUT2D eigenvalue weighted by Gasteiger charge is -2.17. The number of fused-ring (bicyclic) bond motifs is 1. The van der Waals surface area contributed by atoms with Crippen molar-refractivity contribution in [1.82, 2.24) is 9.71 Å². The van der Waals surface area contributed by atoms with Gasteiger partial charge >= 0.3 is 0 Å². The number of carbonyl (C=O) groups is 1. The first kappa shape index (κ1) is 23.4. The number of amides is 1. The van der Waals surface area contributed by atoms with Gasteiger partial charge in [0.25, 0.3) is 0 Å². The van der Waals surface area contributed by atoms with Crippen LogP contribution < -0.4 is 15.2 Å². The highest BCUT2D eigenvalue weighted by Gasteiger charge is 2.25. The maximum atomic E-state index is 13.3. The zero-order valence-electron chi connectivity index (χ0n) is 18.1. The summed E-state index contributed by atoms with van der Waals surface area (Å²) in [5, 5.41) is 9.80. The molecule has 0 fully saturated rings. The molecule has 1 heterocycles. The van der Waals surface area contributed by atoms with E-state index >= 15 is 0 Å². The van der Waals surface area contributed by atoms with E-state index in [1.165, 1.54) is 35.6 Å². The van der Waals surface area contributed by atoms with E-state index in [-0.39, 0.29) is 16.9 Å². The van der Waals surface area contributed by atoms with Gasteiger partial charge in [-0.3, -0.25) is 4.79 Å². The molecule has 0 aliphatic heterocycles. The topological polar surface area (TPSA) is 135 Å². The highest BCUT2D eigenvalue weighted by molar-refractivity contribution is 7.89. The first-order valence-corrected chi connectivity index (χ1v) is 12.4. The Morgan fingerprint density at radius 1 is 1.18 bits per heavy atom. The van der Waals surface area contributed by atoms with Gasteiger partial charge in [-0.2, -0.15) is 5.26 Å². The Balaban J connectivity index is 1.75. The number of sulfonamides is 1. The maximum absolute atomic E-state index is 13.3. The van der Waals surface area contributed by atoms with Crippen LogP contribution in [-0.2, 0) is 16.4 Å². The highest BCUT2D eigenvalue weighted by atomic mass is 32.2. The summed E-state index contributed by atoms with van der Waals surface area (Å²) >= 11 is 1.35. The quantitative estimate of drug-likeness (QED) is 0.386. The van der Waals surface area contributed by atoms with Crippen molar-refractivity contribution in [3.63, 3.8) is 0 Å². The zero-order chi connectivity index (χ0) is 24.3. The molecule has 3 aromatic carbocycles. The van der Waals surface area contributed by atoms with Crippen molar-refractivity contribution >= 4 is 37.5 Å². The average Bonchev–Trinajstić information content (AvgIpc) is 3.27. The minimum absolute atomic E-state index is 0.0812. The van der Waals surface area contributed by atoms with E-state index in [9.17, 15) is 18.5 Å². The summed E-state index contributed by atoms with van der Waals surface area (Å²) in [5.74, 6) is -0.0492. The second-order valence-corrected chi connectivity index (χ2v) is 10.2. The average molecular weight is 493 g/mol. The Morgan fingerprint density at radius 3 is 2.71 bits per heavy atom. The molecule has 4 rings (SSSR count). The third-order valence-corrected chi connectivity index (χ3v) is 7.73. The smallest absolute Gasteiger partial charge is 0.248 e. The molecule has 1 aromatic heterocycles. The minimum atomic E-state index is -4.03. The number of carbonyl (C=O) groups excluding carboxylic acids is 1. The van der Waals surface area contributed by atoms with Gasteiger partial charge in [0, 0.05) is 5.56 Å². The third-order valence-electron chi connectivity index (χ3n) is 5.13. The molecule has 0 saturated heterocycles. The summed E-state index contributed by atoms with van der Waals surface area (Å²) in [7, 11) is -2.46. The molecule has 0 spiro atoms. The Hall–Kier alpha value is -3.78. The molecule has 0 aliphatic carbocycles. The van der Waals surface area contributed by atoms with Crippen LogP contribution in [0.2, 0.25) is 0 Å². The summed E-state index contributed by atoms with van der Waals surface area (Å²) in [4.78, 5) is 16.1. The fourth-order valence-corrected chi connectivity index (χ4v) is 5.82. The first-order chi connectivity index (χ1) is 16.3. The van der Waals surface area contributed by atoms with Gasteiger partial charge in [-0.25, -0.2) is 18.1 Å². The number of nitrogens with two attached hydrogens (primary N) is 1. The fourth-order valence-electron chi connectivity index (χ4n) is 3.45. The van der Waals surface area contributed by atoms with Gasteiger partial charge in [0.05, 0.1) is 39.9 Å². The number of nitrogens with one attached hydrogen (secondary N) is 1. The number of hydrogen-bond donors (Lipinski definition) is 2. The minimum Gasteiger partial charge on any atom is -0.497 e. The number of benzene rings is 3. The number of nitrogens with zero attached hydrogens (tertiary/aromatic N) is 2. The van der Waals surface area contributed by atoms with Crippen LogP contribution in [-0.4, -0.2) is 26.4 Å². The maximum Gasteiger partial charge on any atom is 0.248 e. The molecule has 4 aromatic rings.